The van der Waals surface area contributed by atoms with Crippen molar-refractivity contribution in [2.24, 2.45) is 5.73 Å². The predicted octanol–water partition coefficient (Wildman–Crippen LogP) is 1.44. The zero-order valence-electron chi connectivity index (χ0n) is 13.3. The number of anilines is 3. The minimum absolute atomic E-state index is 0.0485. The van der Waals surface area contributed by atoms with E-state index in [0.717, 1.165) is 37.7 Å². The number of nitrogens with two attached hydrogens (primary N) is 1. The molecule has 0 unspecified atom stereocenters. The van der Waals surface area contributed by atoms with E-state index in [1.54, 1.807) is 18.3 Å². The molecule has 3 N–H and O–H groups in total. The highest BCUT2D eigenvalue weighted by Gasteiger charge is 2.18. The number of nitrogens with zero attached hydrogens (tertiary/aromatic N) is 3. The third-order valence-electron chi connectivity index (χ3n) is 4.01. The molecular formula is C17H20FN5O. The Kier molecular flexibility index (Phi) is 4.90. The molecule has 6 nitrogen and oxygen atoms in total. The van der Waals surface area contributed by atoms with Gasteiger partial charge in [-0.2, -0.15) is 0 Å². The summed E-state index contributed by atoms with van der Waals surface area (Å²) in [5.74, 6) is 0.417. The third-order valence-corrected chi connectivity index (χ3v) is 4.01. The molecule has 3 rings (SSSR count). The molecule has 0 spiro atoms. The van der Waals surface area contributed by atoms with Gasteiger partial charge in [0.05, 0.1) is 18.4 Å². The summed E-state index contributed by atoms with van der Waals surface area (Å²) in [6.07, 6.45) is 1.63. The lowest BCUT2D eigenvalue weighted by Gasteiger charge is -2.36. The Morgan fingerprint density at radius 1 is 1.08 bits per heavy atom. The van der Waals surface area contributed by atoms with Gasteiger partial charge in [0.25, 0.3) is 0 Å². The van der Waals surface area contributed by atoms with Crippen molar-refractivity contribution >= 4 is 23.1 Å². The number of rotatable bonds is 4. The SMILES string of the molecule is NCC(=O)Nc1ccc(N2CCN(c3ccc(F)cc3)CC2)nc1. The Hall–Kier alpha value is -2.67. The van der Waals surface area contributed by atoms with Crippen molar-refractivity contribution in [1.29, 1.82) is 0 Å². The number of halogens is 1. The van der Waals surface area contributed by atoms with E-state index < -0.39 is 0 Å². The molecule has 1 amide bonds. The summed E-state index contributed by atoms with van der Waals surface area (Å²) in [6.45, 7) is 3.31. The van der Waals surface area contributed by atoms with Crippen molar-refractivity contribution in [2.75, 3.05) is 47.8 Å². The largest absolute Gasteiger partial charge is 0.368 e. The van der Waals surface area contributed by atoms with Crippen LogP contribution in [0.4, 0.5) is 21.6 Å². The first-order valence-electron chi connectivity index (χ1n) is 7.87. The number of pyridine rings is 1. The first kappa shape index (κ1) is 16.2. The summed E-state index contributed by atoms with van der Waals surface area (Å²) in [5.41, 5.74) is 6.94. The second kappa shape index (κ2) is 7.27. The van der Waals surface area contributed by atoms with Crippen LogP contribution in [0.5, 0.6) is 0 Å². The predicted molar refractivity (Wildman–Crippen MR) is 92.7 cm³/mol. The zero-order chi connectivity index (χ0) is 16.9. The molecule has 1 aromatic heterocycles. The lowest BCUT2D eigenvalue weighted by Crippen LogP contribution is -2.46. The van der Waals surface area contributed by atoms with E-state index in [4.69, 9.17) is 5.73 Å². The van der Waals surface area contributed by atoms with E-state index in [1.165, 1.54) is 12.1 Å². The standard InChI is InChI=1S/C17H20FN5O/c18-13-1-4-15(5-2-13)22-7-9-23(10-8-22)16-6-3-14(12-20-16)21-17(24)11-19/h1-6,12H,7-11,19H2,(H,21,24). The smallest absolute Gasteiger partial charge is 0.238 e. The summed E-state index contributed by atoms with van der Waals surface area (Å²) in [7, 11) is 0. The van der Waals surface area contributed by atoms with Crippen LogP contribution in [0.2, 0.25) is 0 Å². The summed E-state index contributed by atoms with van der Waals surface area (Å²) in [6, 6.07) is 10.3. The van der Waals surface area contributed by atoms with Gasteiger partial charge in [0.1, 0.15) is 11.6 Å². The van der Waals surface area contributed by atoms with Crippen LogP contribution in [0.15, 0.2) is 42.6 Å². The lowest BCUT2D eigenvalue weighted by atomic mass is 10.2. The molecule has 2 heterocycles. The summed E-state index contributed by atoms with van der Waals surface area (Å²) >= 11 is 0. The monoisotopic (exact) mass is 329 g/mol. The van der Waals surface area contributed by atoms with Crippen molar-refractivity contribution in [3.8, 4) is 0 Å². The van der Waals surface area contributed by atoms with Crippen molar-refractivity contribution in [3.05, 3.63) is 48.4 Å². The first-order valence-corrected chi connectivity index (χ1v) is 7.87. The molecule has 1 aromatic carbocycles. The number of amides is 1. The minimum atomic E-state index is -0.238. The molecule has 0 saturated carbocycles. The molecule has 24 heavy (non-hydrogen) atoms. The Bertz CT molecular complexity index is 681. The van der Waals surface area contributed by atoms with E-state index in [9.17, 15) is 9.18 Å². The fourth-order valence-corrected chi connectivity index (χ4v) is 2.70. The Balaban J connectivity index is 1.58. The van der Waals surface area contributed by atoms with E-state index >= 15 is 0 Å². The number of carbonyl (C=O) groups excluding carboxylic acids is 1. The maximum Gasteiger partial charge on any atom is 0.238 e. The summed E-state index contributed by atoms with van der Waals surface area (Å²) in [4.78, 5) is 20.1. The van der Waals surface area contributed by atoms with Crippen LogP contribution in [-0.4, -0.2) is 43.6 Å². The third kappa shape index (κ3) is 3.80. The Morgan fingerprint density at radius 2 is 1.75 bits per heavy atom. The maximum absolute atomic E-state index is 13.0. The molecule has 0 bridgehead atoms. The van der Waals surface area contributed by atoms with Gasteiger partial charge in [0.15, 0.2) is 0 Å². The normalized spacial score (nSPS) is 14.6. The molecule has 126 valence electrons. The van der Waals surface area contributed by atoms with Gasteiger partial charge in [0, 0.05) is 31.9 Å². The second-order valence-corrected chi connectivity index (χ2v) is 5.61. The van der Waals surface area contributed by atoms with Crippen LogP contribution < -0.4 is 20.9 Å². The summed E-state index contributed by atoms with van der Waals surface area (Å²) < 4.78 is 13.0. The number of benzene rings is 1. The van der Waals surface area contributed by atoms with Crippen molar-refractivity contribution in [1.82, 2.24) is 4.98 Å². The molecule has 1 fully saturated rings. The van der Waals surface area contributed by atoms with Crippen LogP contribution in [0, 0.1) is 5.82 Å². The van der Waals surface area contributed by atoms with Gasteiger partial charge < -0.3 is 20.9 Å². The number of piperazine rings is 1. The van der Waals surface area contributed by atoms with Crippen LogP contribution in [0.3, 0.4) is 0 Å². The highest BCUT2D eigenvalue weighted by Crippen LogP contribution is 2.20. The number of nitrogens with one attached hydrogen (secondary N) is 1. The quantitative estimate of drug-likeness (QED) is 0.888. The van der Waals surface area contributed by atoms with Gasteiger partial charge in [-0.1, -0.05) is 0 Å². The van der Waals surface area contributed by atoms with E-state index in [1.807, 2.05) is 12.1 Å². The second-order valence-electron chi connectivity index (χ2n) is 5.61. The molecule has 1 saturated heterocycles. The topological polar surface area (TPSA) is 74.5 Å². The molecule has 2 aromatic rings. The number of aromatic nitrogens is 1. The van der Waals surface area contributed by atoms with Gasteiger partial charge in [-0.25, -0.2) is 9.37 Å². The Morgan fingerprint density at radius 3 is 2.33 bits per heavy atom. The van der Waals surface area contributed by atoms with Crippen LogP contribution in [0.1, 0.15) is 0 Å². The molecule has 7 heteroatoms. The van der Waals surface area contributed by atoms with Crippen LogP contribution in [-0.2, 0) is 4.79 Å². The summed E-state index contributed by atoms with van der Waals surface area (Å²) in [5, 5.41) is 2.67. The molecule has 0 aliphatic carbocycles. The van der Waals surface area contributed by atoms with Gasteiger partial charge in [-0.3, -0.25) is 4.79 Å². The van der Waals surface area contributed by atoms with E-state index in [-0.39, 0.29) is 18.3 Å². The average Bonchev–Trinajstić information content (AvgIpc) is 2.63. The van der Waals surface area contributed by atoms with Crippen molar-refractivity contribution < 1.29 is 9.18 Å². The first-order chi connectivity index (χ1) is 11.7. The van der Waals surface area contributed by atoms with Crippen LogP contribution >= 0.6 is 0 Å². The fourth-order valence-electron chi connectivity index (χ4n) is 2.70. The minimum Gasteiger partial charge on any atom is -0.368 e. The average molecular weight is 329 g/mol. The Labute approximate surface area is 140 Å². The number of hydrogen-bond acceptors (Lipinski definition) is 5. The highest BCUT2D eigenvalue weighted by atomic mass is 19.1. The molecule has 1 aliphatic heterocycles. The van der Waals surface area contributed by atoms with Crippen molar-refractivity contribution in [3.63, 3.8) is 0 Å². The molecule has 1 aliphatic rings. The van der Waals surface area contributed by atoms with Crippen LogP contribution in [0.25, 0.3) is 0 Å². The van der Waals surface area contributed by atoms with E-state index in [0.29, 0.717) is 5.69 Å². The van der Waals surface area contributed by atoms with Gasteiger partial charge in [-0.05, 0) is 36.4 Å². The lowest BCUT2D eigenvalue weighted by molar-refractivity contribution is -0.114. The number of carbonyl (C=O) groups is 1. The fraction of sp³-hybridized carbons (Fsp3) is 0.294. The van der Waals surface area contributed by atoms with Crippen molar-refractivity contribution in [2.45, 2.75) is 0 Å². The maximum atomic E-state index is 13.0. The molecule has 0 radical (unpaired) electrons. The van der Waals surface area contributed by atoms with E-state index in [2.05, 4.69) is 20.1 Å². The zero-order valence-corrected chi connectivity index (χ0v) is 13.3. The molecular weight excluding hydrogens is 309 g/mol. The molecule has 0 atom stereocenters. The number of hydrogen-bond donors (Lipinski definition) is 2. The van der Waals surface area contributed by atoms with Gasteiger partial charge in [0.2, 0.25) is 5.91 Å². The van der Waals surface area contributed by atoms with Gasteiger partial charge in [-0.15, -0.1) is 0 Å². The van der Waals surface area contributed by atoms with Gasteiger partial charge >= 0.3 is 0 Å². The highest BCUT2D eigenvalue weighted by molar-refractivity contribution is 5.91.